The lowest BCUT2D eigenvalue weighted by molar-refractivity contribution is -0.113. The number of anilines is 1. The molecule has 0 aliphatic rings. The van der Waals surface area contributed by atoms with Crippen LogP contribution in [0.3, 0.4) is 0 Å². The van der Waals surface area contributed by atoms with Crippen LogP contribution in [0.15, 0.2) is 71.6 Å². The Morgan fingerprint density at radius 2 is 1.62 bits per heavy atom. The molecule has 0 saturated carbocycles. The SMILES string of the molecule is C=C(C)C(=O)N(c1ccccc1)[S@@](=O)c1ccccc1C. The number of carbonyl (C=O) groups is 1. The van der Waals surface area contributed by atoms with Crippen LogP contribution in [0.4, 0.5) is 5.69 Å². The van der Waals surface area contributed by atoms with E-state index < -0.39 is 11.0 Å². The van der Waals surface area contributed by atoms with Crippen molar-refractivity contribution < 1.29 is 9.00 Å². The van der Waals surface area contributed by atoms with E-state index in [1.165, 1.54) is 4.31 Å². The van der Waals surface area contributed by atoms with E-state index in [0.717, 1.165) is 5.56 Å². The number of benzene rings is 2. The largest absolute Gasteiger partial charge is 0.268 e. The molecule has 0 unspecified atom stereocenters. The summed E-state index contributed by atoms with van der Waals surface area (Å²) in [6, 6.07) is 16.3. The van der Waals surface area contributed by atoms with Gasteiger partial charge in [-0.1, -0.05) is 43.0 Å². The highest BCUT2D eigenvalue weighted by Gasteiger charge is 2.24. The van der Waals surface area contributed by atoms with Gasteiger partial charge in [-0.3, -0.25) is 4.79 Å². The molecule has 0 radical (unpaired) electrons. The Morgan fingerprint density at radius 1 is 1.05 bits per heavy atom. The van der Waals surface area contributed by atoms with Gasteiger partial charge >= 0.3 is 0 Å². The van der Waals surface area contributed by atoms with E-state index in [9.17, 15) is 9.00 Å². The Morgan fingerprint density at radius 3 is 2.19 bits per heavy atom. The number of hydrogen-bond acceptors (Lipinski definition) is 2. The van der Waals surface area contributed by atoms with Crippen molar-refractivity contribution in [3.05, 3.63) is 72.3 Å². The van der Waals surface area contributed by atoms with Crippen LogP contribution in [-0.4, -0.2) is 10.1 Å². The summed E-state index contributed by atoms with van der Waals surface area (Å²) in [5.41, 5.74) is 1.82. The third-order valence-corrected chi connectivity index (χ3v) is 4.53. The fraction of sp³-hybridized carbons (Fsp3) is 0.118. The summed E-state index contributed by atoms with van der Waals surface area (Å²) in [7, 11) is -1.61. The summed E-state index contributed by atoms with van der Waals surface area (Å²) >= 11 is 0. The molecule has 0 saturated heterocycles. The molecule has 0 aromatic heterocycles. The van der Waals surface area contributed by atoms with E-state index in [-0.39, 0.29) is 5.91 Å². The molecule has 0 fully saturated rings. The van der Waals surface area contributed by atoms with Gasteiger partial charge in [-0.15, -0.1) is 0 Å². The lowest BCUT2D eigenvalue weighted by Gasteiger charge is -2.22. The number of hydrogen-bond donors (Lipinski definition) is 0. The van der Waals surface area contributed by atoms with E-state index >= 15 is 0 Å². The third kappa shape index (κ3) is 3.28. The van der Waals surface area contributed by atoms with Crippen molar-refractivity contribution >= 4 is 22.6 Å². The number of rotatable bonds is 4. The molecular formula is C17H17NO2S. The second kappa shape index (κ2) is 6.50. The van der Waals surface area contributed by atoms with Gasteiger partial charge in [0.25, 0.3) is 5.91 Å². The minimum absolute atomic E-state index is 0.345. The van der Waals surface area contributed by atoms with Crippen molar-refractivity contribution in [1.82, 2.24) is 0 Å². The van der Waals surface area contributed by atoms with Gasteiger partial charge in [-0.25, -0.2) is 8.51 Å². The molecule has 2 aromatic rings. The zero-order chi connectivity index (χ0) is 15.4. The van der Waals surface area contributed by atoms with Crippen LogP contribution in [0.1, 0.15) is 12.5 Å². The number of aryl methyl sites for hydroxylation is 1. The Balaban J connectivity index is 2.51. The molecule has 3 nitrogen and oxygen atoms in total. The minimum Gasteiger partial charge on any atom is -0.268 e. The molecule has 1 amide bonds. The van der Waals surface area contributed by atoms with Crippen LogP contribution in [0.25, 0.3) is 0 Å². The Kier molecular flexibility index (Phi) is 4.70. The van der Waals surface area contributed by atoms with E-state index in [1.54, 1.807) is 25.1 Å². The first-order valence-corrected chi connectivity index (χ1v) is 7.65. The monoisotopic (exact) mass is 299 g/mol. The highest BCUT2D eigenvalue weighted by molar-refractivity contribution is 7.87. The first-order valence-electron chi connectivity index (χ1n) is 6.55. The van der Waals surface area contributed by atoms with Gasteiger partial charge < -0.3 is 0 Å². The normalized spacial score (nSPS) is 11.7. The lowest BCUT2D eigenvalue weighted by atomic mass is 10.2. The molecular weight excluding hydrogens is 282 g/mol. The summed E-state index contributed by atoms with van der Waals surface area (Å²) < 4.78 is 14.2. The molecule has 0 heterocycles. The van der Waals surface area contributed by atoms with Crippen LogP contribution in [0.5, 0.6) is 0 Å². The lowest BCUT2D eigenvalue weighted by Crippen LogP contribution is -2.33. The van der Waals surface area contributed by atoms with Crippen molar-refractivity contribution in [2.75, 3.05) is 4.31 Å². The number of para-hydroxylation sites is 1. The molecule has 1 atom stereocenters. The van der Waals surface area contributed by atoms with E-state index in [0.29, 0.717) is 16.2 Å². The highest BCUT2D eigenvalue weighted by atomic mass is 32.2. The predicted octanol–water partition coefficient (Wildman–Crippen LogP) is 3.63. The maximum absolute atomic E-state index is 12.9. The van der Waals surface area contributed by atoms with E-state index in [4.69, 9.17) is 0 Å². The summed E-state index contributed by atoms with van der Waals surface area (Å²) in [5.74, 6) is -0.345. The maximum Gasteiger partial charge on any atom is 0.265 e. The molecule has 4 heteroatoms. The molecule has 0 spiro atoms. The van der Waals surface area contributed by atoms with Crippen LogP contribution in [0, 0.1) is 6.92 Å². The Hall–Kier alpha value is -2.20. The molecule has 2 aromatic carbocycles. The summed E-state index contributed by atoms with van der Waals surface area (Å²) in [4.78, 5) is 13.0. The molecule has 2 rings (SSSR count). The second-order valence-electron chi connectivity index (χ2n) is 4.73. The van der Waals surface area contributed by atoms with Crippen LogP contribution >= 0.6 is 0 Å². The number of amides is 1. The zero-order valence-corrected chi connectivity index (χ0v) is 12.9. The van der Waals surface area contributed by atoms with Gasteiger partial charge in [0.1, 0.15) is 0 Å². The Labute approximate surface area is 127 Å². The zero-order valence-electron chi connectivity index (χ0n) is 12.1. The highest BCUT2D eigenvalue weighted by Crippen LogP contribution is 2.23. The summed E-state index contributed by atoms with van der Waals surface area (Å²) in [6.07, 6.45) is 0. The first kappa shape index (κ1) is 15.2. The van der Waals surface area contributed by atoms with Gasteiger partial charge in [0.05, 0.1) is 10.6 Å². The quantitative estimate of drug-likeness (QED) is 0.809. The van der Waals surface area contributed by atoms with Gasteiger partial charge in [-0.2, -0.15) is 0 Å². The molecule has 108 valence electrons. The fourth-order valence-corrected chi connectivity index (χ4v) is 3.23. The fourth-order valence-electron chi connectivity index (χ4n) is 1.88. The van der Waals surface area contributed by atoms with Crippen molar-refractivity contribution in [3.8, 4) is 0 Å². The van der Waals surface area contributed by atoms with Gasteiger partial charge in [-0.05, 0) is 37.6 Å². The standard InChI is InChI=1S/C17H17NO2S/c1-13(2)17(19)18(15-10-5-4-6-11-15)21(20)16-12-8-7-9-14(16)3/h4-12H,1H2,2-3H3/t21-/m0/s1. The molecule has 0 aliphatic heterocycles. The van der Waals surface area contributed by atoms with Gasteiger partial charge in [0, 0.05) is 5.57 Å². The number of carbonyl (C=O) groups excluding carboxylic acids is 1. The minimum atomic E-state index is -1.61. The molecule has 0 aliphatic carbocycles. The maximum atomic E-state index is 12.9. The topological polar surface area (TPSA) is 37.4 Å². The van der Waals surface area contributed by atoms with Crippen molar-refractivity contribution in [2.45, 2.75) is 18.7 Å². The summed E-state index contributed by atoms with van der Waals surface area (Å²) in [5, 5.41) is 0. The second-order valence-corrected chi connectivity index (χ2v) is 6.03. The number of nitrogens with zero attached hydrogens (tertiary/aromatic N) is 1. The van der Waals surface area contributed by atoms with Crippen LogP contribution in [0.2, 0.25) is 0 Å². The Bertz CT molecular complexity index is 695. The summed E-state index contributed by atoms with van der Waals surface area (Å²) in [6.45, 7) is 7.17. The smallest absolute Gasteiger partial charge is 0.265 e. The van der Waals surface area contributed by atoms with E-state index in [1.807, 2.05) is 43.3 Å². The van der Waals surface area contributed by atoms with E-state index in [2.05, 4.69) is 6.58 Å². The van der Waals surface area contributed by atoms with Crippen LogP contribution in [-0.2, 0) is 15.8 Å². The van der Waals surface area contributed by atoms with Crippen molar-refractivity contribution in [2.24, 2.45) is 0 Å². The molecule has 0 N–H and O–H groups in total. The molecule has 0 bridgehead atoms. The van der Waals surface area contributed by atoms with Crippen molar-refractivity contribution in [3.63, 3.8) is 0 Å². The van der Waals surface area contributed by atoms with Crippen molar-refractivity contribution in [1.29, 1.82) is 0 Å². The average molecular weight is 299 g/mol. The van der Waals surface area contributed by atoms with Crippen LogP contribution < -0.4 is 4.31 Å². The third-order valence-electron chi connectivity index (χ3n) is 2.99. The van der Waals surface area contributed by atoms with Gasteiger partial charge in [0.2, 0.25) is 0 Å². The average Bonchev–Trinajstić information content (AvgIpc) is 2.48. The molecule has 21 heavy (non-hydrogen) atoms. The van der Waals surface area contributed by atoms with Gasteiger partial charge in [0.15, 0.2) is 11.0 Å². The predicted molar refractivity (Wildman–Crippen MR) is 86.3 cm³/mol. The first-order chi connectivity index (χ1) is 10.0.